The van der Waals surface area contributed by atoms with E-state index in [1.165, 1.54) is 12.1 Å². The predicted molar refractivity (Wildman–Crippen MR) is 116 cm³/mol. The number of nitrogens with zero attached hydrogens (tertiary/aromatic N) is 3. The molecule has 0 atom stereocenters. The summed E-state index contributed by atoms with van der Waals surface area (Å²) in [5.74, 6) is 0.0178. The van der Waals surface area contributed by atoms with Gasteiger partial charge in [-0.25, -0.2) is 0 Å². The average Bonchev–Trinajstić information content (AvgIpc) is 2.94. The number of alkyl halides is 3. The number of fused-ring (bicyclic) bond motifs is 1. The van der Waals surface area contributed by atoms with Crippen molar-refractivity contribution in [2.45, 2.75) is 52.1 Å². The lowest BCUT2D eigenvalue weighted by atomic mass is 10.0. The standard InChI is InChI=1S/C24H26F3N3O/c1-5-8-20(31)22-19-10-7-9-16(6-2)21(23(19)30(4)29-22)28-15(3)17-11-13-18(14-12-17)24(25,26)27/h6,11-14H,2,5,7-10H2,1,3-4H3/b28-15+. The molecular formula is C24H26F3N3O. The number of aromatic nitrogens is 2. The molecule has 0 amide bonds. The number of hydrogen-bond acceptors (Lipinski definition) is 3. The van der Waals surface area contributed by atoms with E-state index in [4.69, 9.17) is 4.99 Å². The van der Waals surface area contributed by atoms with Crippen LogP contribution in [-0.2, 0) is 19.6 Å². The lowest BCUT2D eigenvalue weighted by Crippen LogP contribution is -2.06. The molecule has 0 fully saturated rings. The maximum absolute atomic E-state index is 12.9. The lowest BCUT2D eigenvalue weighted by molar-refractivity contribution is -0.137. The Morgan fingerprint density at radius 1 is 1.26 bits per heavy atom. The first-order valence-electron chi connectivity index (χ1n) is 10.3. The molecule has 4 nitrogen and oxygen atoms in total. The van der Waals surface area contributed by atoms with Gasteiger partial charge in [0.25, 0.3) is 0 Å². The van der Waals surface area contributed by atoms with Crippen LogP contribution in [0.5, 0.6) is 0 Å². The zero-order chi connectivity index (χ0) is 22.8. The summed E-state index contributed by atoms with van der Waals surface area (Å²) >= 11 is 0. The highest BCUT2D eigenvalue weighted by Crippen LogP contribution is 2.34. The Balaban J connectivity index is 2.10. The van der Waals surface area contributed by atoms with Crippen LogP contribution in [0, 0.1) is 0 Å². The summed E-state index contributed by atoms with van der Waals surface area (Å²) in [5, 5.41) is 4.49. The van der Waals surface area contributed by atoms with E-state index >= 15 is 0 Å². The molecule has 3 rings (SSSR count). The van der Waals surface area contributed by atoms with Crippen LogP contribution in [0.1, 0.15) is 72.4 Å². The number of carbonyl (C=O) groups excluding carboxylic acids is 1. The normalized spacial score (nSPS) is 15.0. The molecule has 2 aromatic rings. The summed E-state index contributed by atoms with van der Waals surface area (Å²) in [6, 6.07) is 4.96. The van der Waals surface area contributed by atoms with Crippen LogP contribution in [0.2, 0.25) is 0 Å². The van der Waals surface area contributed by atoms with Gasteiger partial charge in [0.15, 0.2) is 5.78 Å². The van der Waals surface area contributed by atoms with Gasteiger partial charge >= 0.3 is 6.18 Å². The molecule has 1 aliphatic carbocycles. The third-order valence-electron chi connectivity index (χ3n) is 5.44. The third kappa shape index (κ3) is 4.70. The van der Waals surface area contributed by atoms with Gasteiger partial charge in [-0.05, 0) is 55.9 Å². The van der Waals surface area contributed by atoms with Crippen LogP contribution < -0.4 is 0 Å². The van der Waals surface area contributed by atoms with Crippen molar-refractivity contribution >= 4 is 17.2 Å². The molecule has 0 bridgehead atoms. The quantitative estimate of drug-likeness (QED) is 0.408. The van der Waals surface area contributed by atoms with Crippen molar-refractivity contribution < 1.29 is 18.0 Å². The van der Waals surface area contributed by atoms with Crippen LogP contribution >= 0.6 is 0 Å². The number of benzene rings is 1. The predicted octanol–water partition coefficient (Wildman–Crippen LogP) is 6.16. The monoisotopic (exact) mass is 429 g/mol. The number of Topliss-reactive ketones (excluding diaryl/α,β-unsaturated/α-hetero) is 1. The summed E-state index contributed by atoms with van der Waals surface area (Å²) in [7, 11) is 1.79. The van der Waals surface area contributed by atoms with E-state index in [1.54, 1.807) is 24.7 Å². The van der Waals surface area contributed by atoms with Crippen molar-refractivity contribution in [3.05, 3.63) is 70.6 Å². The fourth-order valence-corrected chi connectivity index (χ4v) is 3.85. The number of aryl methyl sites for hydroxylation is 1. The van der Waals surface area contributed by atoms with E-state index in [0.29, 0.717) is 35.5 Å². The lowest BCUT2D eigenvalue weighted by Gasteiger charge is -2.11. The number of halogens is 3. The summed E-state index contributed by atoms with van der Waals surface area (Å²) in [6.45, 7) is 7.64. The molecule has 1 aromatic carbocycles. The highest BCUT2D eigenvalue weighted by Gasteiger charge is 2.30. The van der Waals surface area contributed by atoms with Crippen LogP contribution in [0.3, 0.4) is 0 Å². The van der Waals surface area contributed by atoms with Crippen molar-refractivity contribution in [2.75, 3.05) is 0 Å². The first-order valence-corrected chi connectivity index (χ1v) is 10.3. The van der Waals surface area contributed by atoms with Crippen LogP contribution in [0.25, 0.3) is 5.70 Å². The van der Waals surface area contributed by atoms with E-state index in [9.17, 15) is 18.0 Å². The smallest absolute Gasteiger partial charge is 0.292 e. The van der Waals surface area contributed by atoms with E-state index in [-0.39, 0.29) is 5.78 Å². The number of rotatable bonds is 6. The van der Waals surface area contributed by atoms with Crippen LogP contribution in [0.4, 0.5) is 13.2 Å². The number of ketones is 1. The molecule has 0 unspecified atom stereocenters. The van der Waals surface area contributed by atoms with Gasteiger partial charge in [-0.3, -0.25) is 14.5 Å². The third-order valence-corrected chi connectivity index (χ3v) is 5.44. The molecule has 31 heavy (non-hydrogen) atoms. The topological polar surface area (TPSA) is 47.2 Å². The minimum atomic E-state index is -4.38. The maximum atomic E-state index is 12.9. The van der Waals surface area contributed by atoms with Gasteiger partial charge in [0.05, 0.1) is 17.0 Å². The van der Waals surface area contributed by atoms with Gasteiger partial charge in [-0.15, -0.1) is 0 Å². The van der Waals surface area contributed by atoms with Gasteiger partial charge in [0.1, 0.15) is 5.69 Å². The molecule has 0 spiro atoms. The average molecular weight is 429 g/mol. The highest BCUT2D eigenvalue weighted by atomic mass is 19.4. The molecule has 164 valence electrons. The second kappa shape index (κ2) is 9.04. The largest absolute Gasteiger partial charge is 0.416 e. The molecule has 0 aliphatic heterocycles. The first-order chi connectivity index (χ1) is 14.7. The van der Waals surface area contributed by atoms with Crippen LogP contribution in [-0.4, -0.2) is 21.3 Å². The molecular weight excluding hydrogens is 403 g/mol. The molecule has 0 saturated heterocycles. The Morgan fingerprint density at radius 2 is 1.94 bits per heavy atom. The molecule has 1 aliphatic rings. The SMILES string of the molecule is C=CC1=C(/N=C(\C)c2ccc(C(F)(F)F)cc2)c2c(c(C(=O)CCC)nn2C)CCC1. The summed E-state index contributed by atoms with van der Waals surface area (Å²) < 4.78 is 40.3. The Kier molecular flexibility index (Phi) is 6.62. The van der Waals surface area contributed by atoms with E-state index in [2.05, 4.69) is 11.7 Å². The number of hydrogen-bond donors (Lipinski definition) is 0. The zero-order valence-corrected chi connectivity index (χ0v) is 18.0. The Labute approximate surface area is 180 Å². The van der Waals surface area contributed by atoms with E-state index < -0.39 is 11.7 Å². The maximum Gasteiger partial charge on any atom is 0.416 e. The first kappa shape index (κ1) is 22.7. The summed E-state index contributed by atoms with van der Waals surface area (Å²) in [5.41, 5.74) is 4.24. The number of carbonyl (C=O) groups is 1. The van der Waals surface area contributed by atoms with E-state index in [1.807, 2.05) is 6.92 Å². The van der Waals surface area contributed by atoms with Crippen molar-refractivity contribution in [1.29, 1.82) is 0 Å². The molecule has 0 N–H and O–H groups in total. The van der Waals surface area contributed by atoms with E-state index in [0.717, 1.165) is 48.2 Å². The minimum Gasteiger partial charge on any atom is -0.292 e. The van der Waals surface area contributed by atoms with Gasteiger partial charge in [-0.1, -0.05) is 31.7 Å². The van der Waals surface area contributed by atoms with Crippen molar-refractivity contribution in [2.24, 2.45) is 12.0 Å². The fourth-order valence-electron chi connectivity index (χ4n) is 3.85. The van der Waals surface area contributed by atoms with Crippen molar-refractivity contribution in [3.63, 3.8) is 0 Å². The van der Waals surface area contributed by atoms with Gasteiger partial charge in [0, 0.05) is 24.7 Å². The second-order valence-corrected chi connectivity index (χ2v) is 7.68. The molecule has 0 saturated carbocycles. The summed E-state index contributed by atoms with van der Waals surface area (Å²) in [4.78, 5) is 17.4. The Morgan fingerprint density at radius 3 is 2.52 bits per heavy atom. The van der Waals surface area contributed by atoms with Crippen molar-refractivity contribution in [1.82, 2.24) is 9.78 Å². The number of allylic oxidation sites excluding steroid dienone is 2. The van der Waals surface area contributed by atoms with Gasteiger partial charge < -0.3 is 0 Å². The van der Waals surface area contributed by atoms with Crippen molar-refractivity contribution in [3.8, 4) is 0 Å². The number of aliphatic imine (C=N–C) groups is 1. The minimum absolute atomic E-state index is 0.0178. The molecule has 0 radical (unpaired) electrons. The Hall–Kier alpha value is -2.96. The van der Waals surface area contributed by atoms with Gasteiger partial charge in [-0.2, -0.15) is 18.3 Å². The van der Waals surface area contributed by atoms with Crippen LogP contribution in [0.15, 0.2) is 47.5 Å². The van der Waals surface area contributed by atoms with Gasteiger partial charge in [0.2, 0.25) is 0 Å². The Bertz CT molecular complexity index is 1060. The summed E-state index contributed by atoms with van der Waals surface area (Å²) in [6.07, 6.45) is 0.858. The second-order valence-electron chi connectivity index (χ2n) is 7.68. The molecule has 7 heteroatoms. The fraction of sp³-hybridized carbons (Fsp3) is 0.375. The zero-order valence-electron chi connectivity index (χ0n) is 18.0. The molecule has 1 heterocycles. The molecule has 1 aromatic heterocycles. The highest BCUT2D eigenvalue weighted by molar-refractivity contribution is 6.03.